The molecular formula is C34H43N3O4S. The van der Waals surface area contributed by atoms with Crippen LogP contribution in [0.25, 0.3) is 10.8 Å². The second kappa shape index (κ2) is 12.3. The first-order chi connectivity index (χ1) is 20.3. The molecule has 3 heterocycles. The van der Waals surface area contributed by atoms with Gasteiger partial charge in [-0.15, -0.1) is 24.9 Å². The summed E-state index contributed by atoms with van der Waals surface area (Å²) in [5.74, 6) is -1.47. The van der Waals surface area contributed by atoms with E-state index in [9.17, 15) is 19.5 Å². The number of carbonyl (C=O) groups is 3. The third-order valence-electron chi connectivity index (χ3n) is 9.55. The van der Waals surface area contributed by atoms with E-state index in [2.05, 4.69) is 20.1 Å². The van der Waals surface area contributed by atoms with Crippen molar-refractivity contribution in [2.45, 2.75) is 62.1 Å². The number of aliphatic hydroxyl groups excluding tert-OH is 1. The summed E-state index contributed by atoms with van der Waals surface area (Å²) in [4.78, 5) is 48.8. The van der Waals surface area contributed by atoms with E-state index in [0.29, 0.717) is 19.5 Å². The van der Waals surface area contributed by atoms with Crippen LogP contribution in [0.1, 0.15) is 40.0 Å². The Bertz CT molecular complexity index is 1380. The Hall–Kier alpha value is -3.10. The minimum atomic E-state index is -0.805. The number of amides is 3. The summed E-state index contributed by atoms with van der Waals surface area (Å²) >= 11 is 1.67. The Morgan fingerprint density at radius 3 is 2.48 bits per heavy atom. The molecule has 3 fully saturated rings. The maximum absolute atomic E-state index is 14.9. The fraction of sp³-hybridized carbons (Fsp3) is 0.500. The quantitative estimate of drug-likeness (QED) is 0.357. The van der Waals surface area contributed by atoms with Gasteiger partial charge in [0, 0.05) is 30.6 Å². The predicted octanol–water partition coefficient (Wildman–Crippen LogP) is 4.89. The van der Waals surface area contributed by atoms with E-state index < -0.39 is 28.7 Å². The lowest BCUT2D eigenvalue weighted by Crippen LogP contribution is -2.59. The summed E-state index contributed by atoms with van der Waals surface area (Å²) < 4.78 is -0.760. The monoisotopic (exact) mass is 589 g/mol. The van der Waals surface area contributed by atoms with Crippen molar-refractivity contribution in [1.82, 2.24) is 9.80 Å². The zero-order chi connectivity index (χ0) is 30.2. The van der Waals surface area contributed by atoms with Crippen molar-refractivity contribution in [2.24, 2.45) is 17.8 Å². The molecule has 42 heavy (non-hydrogen) atoms. The van der Waals surface area contributed by atoms with Gasteiger partial charge in [-0.25, -0.2) is 0 Å². The van der Waals surface area contributed by atoms with Crippen molar-refractivity contribution >= 4 is 45.9 Å². The largest absolute Gasteiger partial charge is 0.394 e. The second-order valence-corrected chi connectivity index (χ2v) is 13.4. The zero-order valence-corrected chi connectivity index (χ0v) is 25.8. The molecule has 2 bridgehead atoms. The van der Waals surface area contributed by atoms with E-state index in [0.717, 1.165) is 29.3 Å². The van der Waals surface area contributed by atoms with Gasteiger partial charge in [-0.1, -0.05) is 63.3 Å². The summed E-state index contributed by atoms with van der Waals surface area (Å²) in [5, 5.41) is 12.5. The van der Waals surface area contributed by atoms with E-state index in [-0.39, 0.29) is 42.0 Å². The van der Waals surface area contributed by atoms with Crippen LogP contribution in [0.3, 0.4) is 0 Å². The Kier molecular flexibility index (Phi) is 8.86. The molecule has 2 aromatic carbocycles. The van der Waals surface area contributed by atoms with Gasteiger partial charge in [-0.2, -0.15) is 0 Å². The fourth-order valence-corrected chi connectivity index (χ4v) is 10.1. The number of anilines is 1. The van der Waals surface area contributed by atoms with E-state index in [1.54, 1.807) is 33.7 Å². The summed E-state index contributed by atoms with van der Waals surface area (Å²) in [6, 6.07) is 12.6. The third kappa shape index (κ3) is 4.67. The Morgan fingerprint density at radius 1 is 1.12 bits per heavy atom. The topological polar surface area (TPSA) is 81.2 Å². The number of nitrogens with zero attached hydrogens (tertiary/aromatic N) is 3. The van der Waals surface area contributed by atoms with Crippen molar-refractivity contribution in [3.05, 3.63) is 67.8 Å². The summed E-state index contributed by atoms with van der Waals surface area (Å²) in [5.41, 5.74) is 0.737. The molecule has 3 aliphatic heterocycles. The lowest BCUT2D eigenvalue weighted by Gasteiger charge is -2.42. The number of aliphatic hydroxyl groups is 1. The smallest absolute Gasteiger partial charge is 0.251 e. The van der Waals surface area contributed by atoms with Crippen LogP contribution in [0.5, 0.6) is 0 Å². The second-order valence-electron chi connectivity index (χ2n) is 11.9. The van der Waals surface area contributed by atoms with E-state index in [1.165, 1.54) is 0 Å². The highest BCUT2D eigenvalue weighted by Crippen LogP contribution is 2.69. The fourth-order valence-electron chi connectivity index (χ4n) is 7.70. The van der Waals surface area contributed by atoms with Crippen LogP contribution in [0.15, 0.2) is 67.8 Å². The molecule has 7 atom stereocenters. The van der Waals surface area contributed by atoms with E-state index in [1.807, 2.05) is 61.2 Å². The van der Waals surface area contributed by atoms with Gasteiger partial charge in [-0.3, -0.25) is 14.4 Å². The Balaban J connectivity index is 1.62. The number of hydrogen-bond acceptors (Lipinski definition) is 5. The number of thioether (sulfide) groups is 1. The van der Waals surface area contributed by atoms with Crippen molar-refractivity contribution in [1.29, 1.82) is 0 Å². The lowest BCUT2D eigenvalue weighted by molar-refractivity contribution is -0.145. The summed E-state index contributed by atoms with van der Waals surface area (Å²) in [7, 11) is 0. The Morgan fingerprint density at radius 2 is 1.83 bits per heavy atom. The number of rotatable bonds is 12. The molecular weight excluding hydrogens is 546 g/mol. The molecule has 0 radical (unpaired) electrons. The zero-order valence-electron chi connectivity index (χ0n) is 24.9. The predicted molar refractivity (Wildman–Crippen MR) is 170 cm³/mol. The standard InChI is InChI=1S/C34H43N3O4S/c1-6-16-35(17-7-2)31(39)28-27-19-22(5)34(42-27)29(28)32(40)37(25(9-4)21-38)30(34)33(41)36(18-8-3)26-15-14-23-12-10-11-13-24(23)20-26/h6,8,10-15,20,22,25,27-30,38H,1,3,7,9,16-19,21H2,2,4-5H3/t22?,25-,27+,28-,29-,30?,34?/m0/s1. The molecule has 5 rings (SSSR count). The third-order valence-corrected chi connectivity index (χ3v) is 11.6. The van der Waals surface area contributed by atoms with Crippen LogP contribution in [0.2, 0.25) is 0 Å². The molecule has 2 aromatic rings. The van der Waals surface area contributed by atoms with Gasteiger partial charge in [0.05, 0.1) is 29.2 Å². The summed E-state index contributed by atoms with van der Waals surface area (Å²) in [6.07, 6.45) is 5.52. The lowest BCUT2D eigenvalue weighted by atomic mass is 9.65. The van der Waals surface area contributed by atoms with Gasteiger partial charge in [0.15, 0.2) is 0 Å². The number of likely N-dealkylation sites (tertiary alicyclic amines) is 1. The molecule has 3 unspecified atom stereocenters. The normalized spacial score (nSPS) is 28.5. The van der Waals surface area contributed by atoms with Crippen LogP contribution < -0.4 is 4.90 Å². The molecule has 7 nitrogen and oxygen atoms in total. The van der Waals surface area contributed by atoms with E-state index in [4.69, 9.17) is 0 Å². The molecule has 3 amide bonds. The highest BCUT2D eigenvalue weighted by atomic mass is 32.2. The van der Waals surface area contributed by atoms with Crippen molar-refractivity contribution in [3.63, 3.8) is 0 Å². The van der Waals surface area contributed by atoms with Crippen LogP contribution in [-0.4, -0.2) is 80.9 Å². The Labute approximate surface area is 253 Å². The molecule has 224 valence electrons. The average Bonchev–Trinajstić information content (AvgIpc) is 3.59. The highest BCUT2D eigenvalue weighted by molar-refractivity contribution is 8.02. The molecule has 3 aliphatic rings. The minimum absolute atomic E-state index is 0.0241. The average molecular weight is 590 g/mol. The van der Waals surface area contributed by atoms with Crippen molar-refractivity contribution in [3.8, 4) is 0 Å². The number of carbonyl (C=O) groups excluding carboxylic acids is 3. The van der Waals surface area contributed by atoms with Crippen LogP contribution in [0.4, 0.5) is 5.69 Å². The number of fused-ring (bicyclic) bond motifs is 2. The van der Waals surface area contributed by atoms with Gasteiger partial charge in [0.2, 0.25) is 11.8 Å². The van der Waals surface area contributed by atoms with Gasteiger partial charge >= 0.3 is 0 Å². The minimum Gasteiger partial charge on any atom is -0.394 e. The SMILES string of the molecule is C=CCN(CCC)C(=O)[C@@H]1[C@H]2C(=O)N([C@@H](CC)CO)C(C(=O)N(CC=C)c3ccc4ccccc4c3)C23S[C@@H]1CC3C. The molecule has 0 aromatic heterocycles. The van der Waals surface area contributed by atoms with Gasteiger partial charge in [0.1, 0.15) is 6.04 Å². The van der Waals surface area contributed by atoms with Crippen molar-refractivity contribution in [2.75, 3.05) is 31.1 Å². The van der Waals surface area contributed by atoms with Gasteiger partial charge in [0.25, 0.3) is 5.91 Å². The molecule has 0 saturated carbocycles. The molecule has 0 aliphatic carbocycles. The summed E-state index contributed by atoms with van der Waals surface area (Å²) in [6.45, 7) is 14.9. The number of hydrogen-bond donors (Lipinski definition) is 1. The molecule has 3 saturated heterocycles. The van der Waals surface area contributed by atoms with Crippen molar-refractivity contribution < 1.29 is 19.5 Å². The van der Waals surface area contributed by atoms with Gasteiger partial charge < -0.3 is 19.8 Å². The maximum atomic E-state index is 14.9. The first-order valence-electron chi connectivity index (χ1n) is 15.2. The maximum Gasteiger partial charge on any atom is 0.251 e. The first-order valence-corrected chi connectivity index (χ1v) is 16.1. The van der Waals surface area contributed by atoms with Gasteiger partial charge in [-0.05, 0) is 48.1 Å². The molecule has 1 N–H and O–H groups in total. The first kappa shape index (κ1) is 30.4. The molecule has 8 heteroatoms. The van der Waals surface area contributed by atoms with Crippen LogP contribution >= 0.6 is 11.8 Å². The van der Waals surface area contributed by atoms with Crippen LogP contribution in [-0.2, 0) is 14.4 Å². The van der Waals surface area contributed by atoms with E-state index >= 15 is 0 Å². The molecule has 1 spiro atoms. The van der Waals surface area contributed by atoms with Crippen LogP contribution in [0, 0.1) is 17.8 Å². The number of benzene rings is 2. The highest BCUT2D eigenvalue weighted by Gasteiger charge is 2.77.